The number of aromatic amines is 1. The van der Waals surface area contributed by atoms with Gasteiger partial charge in [0.15, 0.2) is 5.43 Å². The minimum absolute atomic E-state index is 0.0686. The Morgan fingerprint density at radius 2 is 2.06 bits per heavy atom. The number of ether oxygens (including phenoxy) is 1. The maximum Gasteiger partial charge on any atom is 0.512 e. The van der Waals surface area contributed by atoms with E-state index >= 15 is 0 Å². The van der Waals surface area contributed by atoms with Gasteiger partial charge in [-0.2, -0.15) is 0 Å². The van der Waals surface area contributed by atoms with E-state index in [1.807, 2.05) is 26.0 Å². The van der Waals surface area contributed by atoms with Crippen LogP contribution >= 0.6 is 0 Å². The molecule has 5 heteroatoms. The number of pyridine rings is 1. The molecule has 18 heavy (non-hydrogen) atoms. The normalized spacial score (nSPS) is 10.8. The van der Waals surface area contributed by atoms with Gasteiger partial charge in [-0.3, -0.25) is 4.79 Å². The smallest absolute Gasteiger partial charge is 0.449 e. The highest BCUT2D eigenvalue weighted by Crippen LogP contribution is 2.19. The number of aromatic nitrogens is 1. The van der Waals surface area contributed by atoms with Crippen molar-refractivity contribution in [3.63, 3.8) is 0 Å². The van der Waals surface area contributed by atoms with E-state index in [-0.39, 0.29) is 11.3 Å². The Morgan fingerprint density at radius 1 is 1.33 bits per heavy atom. The number of fused-ring (bicyclic) bond motifs is 1. The Hall–Kier alpha value is -2.30. The summed E-state index contributed by atoms with van der Waals surface area (Å²) in [5.74, 6) is 0.253. The molecular formula is C13H13NO4. The Kier molecular flexibility index (Phi) is 3.06. The number of carbonyl (C=O) groups is 1. The highest BCUT2D eigenvalue weighted by molar-refractivity contribution is 5.80. The van der Waals surface area contributed by atoms with Gasteiger partial charge in [-0.25, -0.2) is 4.79 Å². The lowest BCUT2D eigenvalue weighted by Crippen LogP contribution is -2.09. The molecule has 1 aromatic heterocycles. The Bertz CT molecular complexity index is 658. The Morgan fingerprint density at radius 3 is 2.67 bits per heavy atom. The molecule has 0 saturated heterocycles. The summed E-state index contributed by atoms with van der Waals surface area (Å²) >= 11 is 0. The topological polar surface area (TPSA) is 79.4 Å². The summed E-state index contributed by atoms with van der Waals surface area (Å²) in [5.41, 5.74) is 1.37. The van der Waals surface area contributed by atoms with Crippen LogP contribution in [0.2, 0.25) is 0 Å². The number of carboxylic acid groups (broad SMARTS) is 1. The van der Waals surface area contributed by atoms with Gasteiger partial charge in [-0.15, -0.1) is 0 Å². The van der Waals surface area contributed by atoms with Gasteiger partial charge in [0, 0.05) is 11.5 Å². The van der Waals surface area contributed by atoms with Gasteiger partial charge in [0.25, 0.3) is 0 Å². The number of H-pyrrole nitrogens is 1. The van der Waals surface area contributed by atoms with E-state index in [0.717, 1.165) is 11.6 Å². The SMILES string of the molecule is CC(C)c1ccc2c(=O)cc(OC(=O)O)[nH]c2c1. The van der Waals surface area contributed by atoms with Gasteiger partial charge >= 0.3 is 6.16 Å². The van der Waals surface area contributed by atoms with Gasteiger partial charge in [0.2, 0.25) is 5.88 Å². The van der Waals surface area contributed by atoms with Crippen molar-refractivity contribution in [3.05, 3.63) is 40.1 Å². The fourth-order valence-electron chi connectivity index (χ4n) is 1.75. The standard InChI is InChI=1S/C13H13NO4/c1-7(2)8-3-4-9-10(5-8)14-12(6-11(9)15)18-13(16)17/h3-7H,1-2H3,(H,14,15)(H,16,17). The van der Waals surface area contributed by atoms with Crippen molar-refractivity contribution in [2.24, 2.45) is 0 Å². The van der Waals surface area contributed by atoms with Gasteiger partial charge in [0.1, 0.15) is 0 Å². The zero-order valence-corrected chi connectivity index (χ0v) is 10.1. The summed E-state index contributed by atoms with van der Waals surface area (Å²) in [5, 5.41) is 9.04. The highest BCUT2D eigenvalue weighted by Gasteiger charge is 2.08. The first kappa shape index (κ1) is 12.2. The van der Waals surface area contributed by atoms with Gasteiger partial charge in [0.05, 0.1) is 5.52 Å². The second-order valence-electron chi connectivity index (χ2n) is 4.33. The average Bonchev–Trinajstić information content (AvgIpc) is 2.27. The van der Waals surface area contributed by atoms with Crippen molar-refractivity contribution in [3.8, 4) is 5.88 Å². The van der Waals surface area contributed by atoms with E-state index in [1.165, 1.54) is 0 Å². The van der Waals surface area contributed by atoms with Crippen LogP contribution in [-0.2, 0) is 0 Å². The first-order chi connectivity index (χ1) is 8.47. The Labute approximate surface area is 103 Å². The zero-order valence-electron chi connectivity index (χ0n) is 10.1. The lowest BCUT2D eigenvalue weighted by molar-refractivity contribution is 0.142. The van der Waals surface area contributed by atoms with Gasteiger partial charge < -0.3 is 14.8 Å². The lowest BCUT2D eigenvalue weighted by Gasteiger charge is -2.07. The quantitative estimate of drug-likeness (QED) is 0.799. The number of benzene rings is 1. The largest absolute Gasteiger partial charge is 0.512 e. The van der Waals surface area contributed by atoms with Crippen molar-refractivity contribution in [1.29, 1.82) is 0 Å². The van der Waals surface area contributed by atoms with Crippen LogP contribution in [-0.4, -0.2) is 16.2 Å². The van der Waals surface area contributed by atoms with E-state index in [0.29, 0.717) is 16.8 Å². The van der Waals surface area contributed by atoms with E-state index in [1.54, 1.807) is 6.07 Å². The minimum atomic E-state index is -1.45. The third kappa shape index (κ3) is 2.34. The molecule has 0 aliphatic carbocycles. The molecule has 0 atom stereocenters. The van der Waals surface area contributed by atoms with Crippen LogP contribution in [0.15, 0.2) is 29.1 Å². The molecule has 2 aromatic rings. The third-order valence-electron chi connectivity index (χ3n) is 2.69. The van der Waals surface area contributed by atoms with Crippen LogP contribution in [0.1, 0.15) is 25.3 Å². The minimum Gasteiger partial charge on any atom is -0.449 e. The molecule has 0 unspecified atom stereocenters. The van der Waals surface area contributed by atoms with Crippen molar-refractivity contribution < 1.29 is 14.6 Å². The highest BCUT2D eigenvalue weighted by atomic mass is 16.7. The van der Waals surface area contributed by atoms with E-state index in [9.17, 15) is 9.59 Å². The second-order valence-corrected chi connectivity index (χ2v) is 4.33. The lowest BCUT2D eigenvalue weighted by atomic mass is 10.0. The predicted molar refractivity (Wildman–Crippen MR) is 67.3 cm³/mol. The molecule has 1 aromatic carbocycles. The summed E-state index contributed by atoms with van der Waals surface area (Å²) in [6, 6.07) is 6.58. The summed E-state index contributed by atoms with van der Waals surface area (Å²) in [4.78, 5) is 25.0. The van der Waals surface area contributed by atoms with E-state index in [4.69, 9.17) is 5.11 Å². The van der Waals surface area contributed by atoms with Crippen LogP contribution in [0.5, 0.6) is 5.88 Å². The van der Waals surface area contributed by atoms with Crippen molar-refractivity contribution in [2.45, 2.75) is 19.8 Å². The van der Waals surface area contributed by atoms with Crippen LogP contribution in [0, 0.1) is 0 Å². The molecular weight excluding hydrogens is 234 g/mol. The maximum absolute atomic E-state index is 11.8. The molecule has 0 amide bonds. The molecule has 1 heterocycles. The van der Waals surface area contributed by atoms with Crippen LogP contribution < -0.4 is 10.2 Å². The van der Waals surface area contributed by atoms with E-state index in [2.05, 4.69) is 9.72 Å². The fourth-order valence-corrected chi connectivity index (χ4v) is 1.75. The molecule has 5 nitrogen and oxygen atoms in total. The van der Waals surface area contributed by atoms with Crippen molar-refractivity contribution in [2.75, 3.05) is 0 Å². The Balaban J connectivity index is 2.61. The van der Waals surface area contributed by atoms with Gasteiger partial charge in [-0.1, -0.05) is 19.9 Å². The maximum atomic E-state index is 11.8. The number of hydrogen-bond donors (Lipinski definition) is 2. The molecule has 0 bridgehead atoms. The molecule has 2 N–H and O–H groups in total. The van der Waals surface area contributed by atoms with E-state index < -0.39 is 6.16 Å². The van der Waals surface area contributed by atoms with Crippen LogP contribution in [0.25, 0.3) is 10.9 Å². The fraction of sp³-hybridized carbons (Fsp3) is 0.231. The predicted octanol–water partition coefficient (Wildman–Crippen LogP) is 2.71. The summed E-state index contributed by atoms with van der Waals surface area (Å²) in [7, 11) is 0. The average molecular weight is 247 g/mol. The summed E-state index contributed by atoms with van der Waals surface area (Å²) < 4.78 is 4.46. The van der Waals surface area contributed by atoms with Crippen molar-refractivity contribution in [1.82, 2.24) is 4.98 Å². The number of rotatable bonds is 2. The van der Waals surface area contributed by atoms with Crippen molar-refractivity contribution >= 4 is 17.1 Å². The molecule has 94 valence electrons. The summed E-state index contributed by atoms with van der Waals surface area (Å²) in [6.07, 6.45) is -1.45. The molecule has 0 fully saturated rings. The summed E-state index contributed by atoms with van der Waals surface area (Å²) in [6.45, 7) is 4.08. The van der Waals surface area contributed by atoms with Crippen LogP contribution in [0.3, 0.4) is 0 Å². The molecule has 0 radical (unpaired) electrons. The third-order valence-corrected chi connectivity index (χ3v) is 2.69. The zero-order chi connectivity index (χ0) is 13.3. The van der Waals surface area contributed by atoms with Gasteiger partial charge in [-0.05, 0) is 23.6 Å². The molecule has 0 spiro atoms. The number of nitrogens with one attached hydrogen (secondary N) is 1. The van der Waals surface area contributed by atoms with Crippen LogP contribution in [0.4, 0.5) is 4.79 Å². The number of hydrogen-bond acceptors (Lipinski definition) is 3. The second kappa shape index (κ2) is 4.52. The first-order valence-electron chi connectivity index (χ1n) is 5.55. The first-order valence-corrected chi connectivity index (χ1v) is 5.55. The molecule has 0 saturated carbocycles. The molecule has 0 aliphatic heterocycles. The monoisotopic (exact) mass is 247 g/mol. The molecule has 2 rings (SSSR count). The molecule has 0 aliphatic rings.